The van der Waals surface area contributed by atoms with Crippen LogP contribution in [0, 0.1) is 0 Å². The van der Waals surface area contributed by atoms with Gasteiger partial charge in [0, 0.05) is 30.8 Å². The molecule has 0 N–H and O–H groups in total. The zero-order valence-electron chi connectivity index (χ0n) is 23.4. The summed E-state index contributed by atoms with van der Waals surface area (Å²) >= 11 is 0. The second-order valence-corrected chi connectivity index (χ2v) is 10.5. The highest BCUT2D eigenvalue weighted by molar-refractivity contribution is 5.83. The molecule has 0 aliphatic rings. The molecular weight excluding hydrogens is 516 g/mol. The van der Waals surface area contributed by atoms with Crippen molar-refractivity contribution < 1.29 is 0 Å². The summed E-state index contributed by atoms with van der Waals surface area (Å²) < 4.78 is 3.36. The van der Waals surface area contributed by atoms with Crippen molar-refractivity contribution in [2.45, 2.75) is 0 Å². The lowest BCUT2D eigenvalue weighted by molar-refractivity contribution is 0.795. The molecular formula is C37H28N4O. The summed E-state index contributed by atoms with van der Waals surface area (Å²) in [6.07, 6.45) is 0. The Kier molecular flexibility index (Phi) is 6.32. The van der Waals surface area contributed by atoms with Gasteiger partial charge in [-0.25, -0.2) is 14.8 Å². The molecule has 0 unspecified atom stereocenters. The molecule has 5 aromatic carbocycles. The summed E-state index contributed by atoms with van der Waals surface area (Å²) in [7, 11) is 3.61. The molecule has 5 nitrogen and oxygen atoms in total. The minimum absolute atomic E-state index is 0.0272. The van der Waals surface area contributed by atoms with E-state index in [0.717, 1.165) is 61.4 Å². The van der Waals surface area contributed by atoms with Gasteiger partial charge >= 0.3 is 5.69 Å². The maximum Gasteiger partial charge on any atom is 0.328 e. The van der Waals surface area contributed by atoms with Gasteiger partial charge in [-0.1, -0.05) is 109 Å². The Morgan fingerprint density at radius 2 is 0.905 bits per heavy atom. The molecule has 0 saturated heterocycles. The first kappa shape index (κ1) is 25.4. The van der Waals surface area contributed by atoms with E-state index in [-0.39, 0.29) is 5.69 Å². The molecule has 7 aromatic rings. The molecule has 0 radical (unpaired) electrons. The van der Waals surface area contributed by atoms with Crippen LogP contribution in [0.15, 0.2) is 138 Å². The van der Waals surface area contributed by atoms with Gasteiger partial charge in [0.25, 0.3) is 0 Å². The Balaban J connectivity index is 1.30. The Labute approximate surface area is 244 Å². The average Bonchev–Trinajstić information content (AvgIpc) is 3.28. The van der Waals surface area contributed by atoms with Gasteiger partial charge in [0.15, 0.2) is 5.82 Å². The fourth-order valence-corrected chi connectivity index (χ4v) is 5.47. The third-order valence-corrected chi connectivity index (χ3v) is 7.81. The number of fused-ring (bicyclic) bond motifs is 1. The topological polar surface area (TPSA) is 52.7 Å². The number of aryl methyl sites for hydroxylation is 2. The first-order chi connectivity index (χ1) is 20.5. The van der Waals surface area contributed by atoms with E-state index >= 15 is 0 Å². The molecule has 0 saturated carbocycles. The van der Waals surface area contributed by atoms with Gasteiger partial charge in [-0.05, 0) is 46.5 Å². The van der Waals surface area contributed by atoms with Crippen LogP contribution in [0.4, 0.5) is 0 Å². The van der Waals surface area contributed by atoms with E-state index in [1.165, 1.54) is 0 Å². The zero-order valence-corrected chi connectivity index (χ0v) is 23.4. The maximum atomic E-state index is 12.4. The predicted molar refractivity (Wildman–Crippen MR) is 171 cm³/mol. The lowest BCUT2D eigenvalue weighted by Crippen LogP contribution is -2.19. The van der Waals surface area contributed by atoms with Crippen molar-refractivity contribution in [1.29, 1.82) is 0 Å². The minimum Gasteiger partial charge on any atom is -0.295 e. The molecule has 5 heteroatoms. The van der Waals surface area contributed by atoms with Crippen LogP contribution in [0.5, 0.6) is 0 Å². The van der Waals surface area contributed by atoms with Gasteiger partial charge in [-0.3, -0.25) is 9.13 Å². The molecule has 2 aromatic heterocycles. The number of aromatic nitrogens is 4. The average molecular weight is 545 g/mol. The van der Waals surface area contributed by atoms with Crippen LogP contribution in [0.2, 0.25) is 0 Å². The molecule has 0 bridgehead atoms. The molecule has 0 amide bonds. The SMILES string of the molecule is Cn1c(=O)n(C)c2cc(-c3ccc(-c4cc(-c5ccccc5)nc(-c5cccc(-c6ccccc6)c5)n4)cc3)ccc21. The molecule has 2 heterocycles. The van der Waals surface area contributed by atoms with Crippen molar-refractivity contribution in [1.82, 2.24) is 19.1 Å². The van der Waals surface area contributed by atoms with Crippen molar-refractivity contribution in [3.05, 3.63) is 144 Å². The van der Waals surface area contributed by atoms with Crippen LogP contribution in [-0.2, 0) is 14.1 Å². The van der Waals surface area contributed by atoms with Crippen LogP contribution in [0.25, 0.3) is 67.2 Å². The number of hydrogen-bond acceptors (Lipinski definition) is 3. The highest BCUT2D eigenvalue weighted by Crippen LogP contribution is 2.31. The summed E-state index contributed by atoms with van der Waals surface area (Å²) in [5.41, 5.74) is 11.0. The third-order valence-electron chi connectivity index (χ3n) is 7.81. The van der Waals surface area contributed by atoms with Crippen molar-refractivity contribution >= 4 is 11.0 Å². The summed E-state index contributed by atoms with van der Waals surface area (Å²) in [6, 6.07) is 45.6. The summed E-state index contributed by atoms with van der Waals surface area (Å²) in [4.78, 5) is 22.5. The zero-order chi connectivity index (χ0) is 28.6. The Bertz CT molecular complexity index is 2110. The number of imidazole rings is 1. The summed E-state index contributed by atoms with van der Waals surface area (Å²) in [5.74, 6) is 0.684. The molecule has 0 aliphatic heterocycles. The van der Waals surface area contributed by atoms with Gasteiger partial charge in [0.1, 0.15) is 0 Å². The van der Waals surface area contributed by atoms with E-state index in [2.05, 4.69) is 103 Å². The van der Waals surface area contributed by atoms with Crippen LogP contribution in [0.1, 0.15) is 0 Å². The van der Waals surface area contributed by atoms with E-state index in [9.17, 15) is 4.79 Å². The smallest absolute Gasteiger partial charge is 0.295 e. The quantitative estimate of drug-likeness (QED) is 0.221. The van der Waals surface area contributed by atoms with Crippen LogP contribution in [0.3, 0.4) is 0 Å². The molecule has 42 heavy (non-hydrogen) atoms. The molecule has 0 atom stereocenters. The van der Waals surface area contributed by atoms with Gasteiger partial charge < -0.3 is 0 Å². The second kappa shape index (κ2) is 10.5. The monoisotopic (exact) mass is 544 g/mol. The first-order valence-corrected chi connectivity index (χ1v) is 13.9. The van der Waals surface area contributed by atoms with Crippen LogP contribution < -0.4 is 5.69 Å². The standard InChI is InChI=1S/C37H28N4O/c1-40-34-21-20-30(23-35(34)41(2)37(40)42)26-16-18-28(19-17-26)33-24-32(27-12-7-4-8-13-27)38-36(39-33)31-15-9-14-29(22-31)25-10-5-3-6-11-25/h3-24H,1-2H3. The van der Waals surface area contributed by atoms with Crippen molar-refractivity contribution in [2.24, 2.45) is 14.1 Å². The fraction of sp³-hybridized carbons (Fsp3) is 0.0541. The van der Waals surface area contributed by atoms with E-state index in [4.69, 9.17) is 9.97 Å². The Morgan fingerprint density at radius 1 is 0.429 bits per heavy atom. The van der Waals surface area contributed by atoms with Gasteiger partial charge in [0.05, 0.1) is 22.4 Å². The molecule has 0 fully saturated rings. The number of rotatable bonds is 5. The molecule has 0 spiro atoms. The van der Waals surface area contributed by atoms with Gasteiger partial charge in [-0.15, -0.1) is 0 Å². The normalized spacial score (nSPS) is 11.2. The number of hydrogen-bond donors (Lipinski definition) is 0. The molecule has 7 rings (SSSR count). The van der Waals surface area contributed by atoms with Gasteiger partial charge in [-0.2, -0.15) is 0 Å². The second-order valence-electron chi connectivity index (χ2n) is 10.5. The van der Waals surface area contributed by atoms with Gasteiger partial charge in [0.2, 0.25) is 0 Å². The van der Waals surface area contributed by atoms with E-state index in [1.807, 2.05) is 37.4 Å². The predicted octanol–water partition coefficient (Wildman–Crippen LogP) is 8.00. The highest BCUT2D eigenvalue weighted by Gasteiger charge is 2.13. The van der Waals surface area contributed by atoms with Crippen LogP contribution >= 0.6 is 0 Å². The highest BCUT2D eigenvalue weighted by atomic mass is 16.1. The fourth-order valence-electron chi connectivity index (χ4n) is 5.47. The van der Waals surface area contributed by atoms with Crippen molar-refractivity contribution in [2.75, 3.05) is 0 Å². The third kappa shape index (κ3) is 4.61. The minimum atomic E-state index is -0.0272. The first-order valence-electron chi connectivity index (χ1n) is 13.9. The Morgan fingerprint density at radius 3 is 1.60 bits per heavy atom. The van der Waals surface area contributed by atoms with Crippen molar-refractivity contribution in [3.8, 4) is 56.2 Å². The molecule has 202 valence electrons. The Hall–Kier alpha value is -5.55. The van der Waals surface area contributed by atoms with E-state index < -0.39 is 0 Å². The van der Waals surface area contributed by atoms with E-state index in [0.29, 0.717) is 5.82 Å². The maximum absolute atomic E-state index is 12.4. The van der Waals surface area contributed by atoms with Crippen LogP contribution in [-0.4, -0.2) is 19.1 Å². The lowest BCUT2D eigenvalue weighted by Gasteiger charge is -2.11. The molecule has 0 aliphatic carbocycles. The largest absolute Gasteiger partial charge is 0.328 e. The van der Waals surface area contributed by atoms with E-state index in [1.54, 1.807) is 16.2 Å². The summed E-state index contributed by atoms with van der Waals surface area (Å²) in [6.45, 7) is 0. The lowest BCUT2D eigenvalue weighted by atomic mass is 10.0. The summed E-state index contributed by atoms with van der Waals surface area (Å²) in [5, 5.41) is 0. The number of nitrogens with zero attached hydrogens (tertiary/aromatic N) is 4. The van der Waals surface area contributed by atoms with Crippen molar-refractivity contribution in [3.63, 3.8) is 0 Å². The number of benzene rings is 5.